The molecule has 9 heteroatoms. The summed E-state index contributed by atoms with van der Waals surface area (Å²) in [5, 5.41) is 11.9. The number of tetrazole rings is 1. The summed E-state index contributed by atoms with van der Waals surface area (Å²) in [6.07, 6.45) is 1.59. The molecule has 1 aliphatic rings. The predicted molar refractivity (Wildman–Crippen MR) is 84.3 cm³/mol. The molecule has 0 bridgehead atoms. The van der Waals surface area contributed by atoms with Crippen molar-refractivity contribution in [1.29, 1.82) is 0 Å². The minimum atomic E-state index is -0.151. The molecule has 24 heavy (non-hydrogen) atoms. The van der Waals surface area contributed by atoms with Gasteiger partial charge >= 0.3 is 0 Å². The molecule has 0 N–H and O–H groups in total. The van der Waals surface area contributed by atoms with Crippen molar-refractivity contribution in [3.05, 3.63) is 23.7 Å². The molecule has 0 spiro atoms. The highest BCUT2D eigenvalue weighted by molar-refractivity contribution is 5.00. The Morgan fingerprint density at radius 3 is 3.04 bits per heavy atom. The number of methoxy groups -OCH3 is 1. The summed E-state index contributed by atoms with van der Waals surface area (Å²) in [7, 11) is 1.66. The van der Waals surface area contributed by atoms with Crippen molar-refractivity contribution in [2.24, 2.45) is 0 Å². The van der Waals surface area contributed by atoms with Crippen LogP contribution in [-0.2, 0) is 22.6 Å². The number of aromatic nitrogens is 5. The highest BCUT2D eigenvalue weighted by atomic mass is 16.5. The van der Waals surface area contributed by atoms with E-state index in [1.165, 1.54) is 0 Å². The summed E-state index contributed by atoms with van der Waals surface area (Å²) in [4.78, 5) is 6.82. The molecule has 2 aromatic rings. The first kappa shape index (κ1) is 17.0. The Hall–Kier alpha value is -1.84. The third kappa shape index (κ3) is 3.97. The minimum absolute atomic E-state index is 0.151. The van der Waals surface area contributed by atoms with E-state index in [1.807, 2.05) is 0 Å². The van der Waals surface area contributed by atoms with Gasteiger partial charge in [-0.2, -0.15) is 0 Å². The van der Waals surface area contributed by atoms with E-state index in [9.17, 15) is 0 Å². The molecule has 1 atom stereocenters. The molecule has 3 rings (SSSR count). The number of rotatable bonds is 7. The predicted octanol–water partition coefficient (Wildman–Crippen LogP) is 1.00. The van der Waals surface area contributed by atoms with Gasteiger partial charge in [-0.3, -0.25) is 4.90 Å². The van der Waals surface area contributed by atoms with Crippen molar-refractivity contribution in [3.63, 3.8) is 0 Å². The highest BCUT2D eigenvalue weighted by Crippen LogP contribution is 2.22. The summed E-state index contributed by atoms with van der Waals surface area (Å²) in [5.41, 5.74) is 0.943. The van der Waals surface area contributed by atoms with Crippen LogP contribution in [0, 0.1) is 0 Å². The van der Waals surface area contributed by atoms with Gasteiger partial charge in [-0.1, -0.05) is 13.8 Å². The van der Waals surface area contributed by atoms with Crippen LogP contribution < -0.4 is 0 Å². The first-order chi connectivity index (χ1) is 11.7. The van der Waals surface area contributed by atoms with Gasteiger partial charge in [-0.05, 0) is 10.4 Å². The van der Waals surface area contributed by atoms with Crippen LogP contribution in [0.15, 0.2) is 10.7 Å². The summed E-state index contributed by atoms with van der Waals surface area (Å²) in [6, 6.07) is 0. The van der Waals surface area contributed by atoms with Gasteiger partial charge in [0.25, 0.3) is 0 Å². The number of nitrogens with zero attached hydrogens (tertiary/aromatic N) is 6. The van der Waals surface area contributed by atoms with Crippen molar-refractivity contribution in [2.75, 3.05) is 33.4 Å². The van der Waals surface area contributed by atoms with Crippen LogP contribution >= 0.6 is 0 Å². The van der Waals surface area contributed by atoms with E-state index < -0.39 is 0 Å². The summed E-state index contributed by atoms with van der Waals surface area (Å²) in [6.45, 7) is 8.25. The van der Waals surface area contributed by atoms with Crippen molar-refractivity contribution in [2.45, 2.75) is 39.0 Å². The van der Waals surface area contributed by atoms with Crippen LogP contribution in [0.3, 0.4) is 0 Å². The molecule has 2 aromatic heterocycles. The SMILES string of the molecule is COCCn1nnnc1[C@@H]1CN(Cc2coc(C(C)C)n2)CCO1. The van der Waals surface area contributed by atoms with Gasteiger partial charge in [-0.15, -0.1) is 5.10 Å². The van der Waals surface area contributed by atoms with Crippen LogP contribution in [0.5, 0.6) is 0 Å². The van der Waals surface area contributed by atoms with E-state index in [0.717, 1.165) is 37.0 Å². The van der Waals surface area contributed by atoms with Gasteiger partial charge < -0.3 is 13.9 Å². The third-order valence-corrected chi connectivity index (χ3v) is 3.95. The molecule has 0 saturated carbocycles. The fraction of sp³-hybridized carbons (Fsp3) is 0.733. The Labute approximate surface area is 140 Å². The Morgan fingerprint density at radius 1 is 1.42 bits per heavy atom. The molecule has 0 amide bonds. The first-order valence-electron chi connectivity index (χ1n) is 8.20. The summed E-state index contributed by atoms with van der Waals surface area (Å²) >= 11 is 0. The van der Waals surface area contributed by atoms with E-state index in [1.54, 1.807) is 18.1 Å². The standard InChI is InChI=1S/C15H24N6O3/c1-11(2)15-16-12(10-24-15)8-20-4-7-23-13(9-20)14-17-18-19-21(14)5-6-22-3/h10-11,13H,4-9H2,1-3H3/t13-/m0/s1. The lowest BCUT2D eigenvalue weighted by atomic mass is 10.2. The molecule has 3 heterocycles. The lowest BCUT2D eigenvalue weighted by Crippen LogP contribution is -2.39. The molecule has 0 radical (unpaired) electrons. The highest BCUT2D eigenvalue weighted by Gasteiger charge is 2.27. The lowest BCUT2D eigenvalue weighted by molar-refractivity contribution is -0.0400. The number of oxazole rings is 1. The van der Waals surface area contributed by atoms with Gasteiger partial charge in [0.1, 0.15) is 12.4 Å². The Balaban J connectivity index is 1.62. The third-order valence-electron chi connectivity index (χ3n) is 3.95. The molecule has 132 valence electrons. The maximum absolute atomic E-state index is 5.86. The average Bonchev–Trinajstić information content (AvgIpc) is 3.22. The fourth-order valence-electron chi connectivity index (χ4n) is 2.67. The second-order valence-electron chi connectivity index (χ2n) is 6.18. The fourth-order valence-corrected chi connectivity index (χ4v) is 2.67. The first-order valence-corrected chi connectivity index (χ1v) is 8.20. The monoisotopic (exact) mass is 336 g/mol. The summed E-state index contributed by atoms with van der Waals surface area (Å²) < 4.78 is 18.2. The van der Waals surface area contributed by atoms with Crippen LogP contribution in [0.1, 0.15) is 43.3 Å². The molecule has 0 aromatic carbocycles. The molecule has 9 nitrogen and oxygen atoms in total. The molecule has 1 saturated heterocycles. The van der Waals surface area contributed by atoms with Crippen molar-refractivity contribution in [3.8, 4) is 0 Å². The van der Waals surface area contributed by atoms with Gasteiger partial charge in [0.15, 0.2) is 11.7 Å². The molecule has 0 unspecified atom stereocenters. The maximum Gasteiger partial charge on any atom is 0.196 e. The zero-order chi connectivity index (χ0) is 16.9. The molecule has 1 fully saturated rings. The van der Waals surface area contributed by atoms with Crippen molar-refractivity contribution in [1.82, 2.24) is 30.1 Å². The van der Waals surface area contributed by atoms with E-state index in [4.69, 9.17) is 13.9 Å². The quantitative estimate of drug-likeness (QED) is 0.740. The molecule has 0 aliphatic carbocycles. The van der Waals surface area contributed by atoms with Crippen LogP contribution in [-0.4, -0.2) is 63.5 Å². The van der Waals surface area contributed by atoms with Gasteiger partial charge in [0.05, 0.1) is 25.5 Å². The smallest absolute Gasteiger partial charge is 0.196 e. The molecular formula is C15H24N6O3. The van der Waals surface area contributed by atoms with Crippen molar-refractivity contribution < 1.29 is 13.9 Å². The van der Waals surface area contributed by atoms with Crippen LogP contribution in [0.4, 0.5) is 0 Å². The second-order valence-corrected chi connectivity index (χ2v) is 6.18. The summed E-state index contributed by atoms with van der Waals surface area (Å²) in [5.74, 6) is 1.81. The van der Waals surface area contributed by atoms with Gasteiger partial charge in [0.2, 0.25) is 0 Å². The Kier molecular flexibility index (Phi) is 5.54. The van der Waals surface area contributed by atoms with Gasteiger partial charge in [-0.25, -0.2) is 9.67 Å². The maximum atomic E-state index is 5.86. The number of morpholine rings is 1. The second kappa shape index (κ2) is 7.82. The largest absolute Gasteiger partial charge is 0.448 e. The zero-order valence-corrected chi connectivity index (χ0v) is 14.4. The van der Waals surface area contributed by atoms with E-state index in [0.29, 0.717) is 25.7 Å². The lowest BCUT2D eigenvalue weighted by Gasteiger charge is -2.31. The number of hydrogen-bond acceptors (Lipinski definition) is 8. The topological polar surface area (TPSA) is 91.3 Å². The molecular weight excluding hydrogens is 312 g/mol. The average molecular weight is 336 g/mol. The van der Waals surface area contributed by atoms with Crippen molar-refractivity contribution >= 4 is 0 Å². The Bertz CT molecular complexity index is 641. The van der Waals surface area contributed by atoms with E-state index in [2.05, 4.69) is 39.3 Å². The number of hydrogen-bond donors (Lipinski definition) is 0. The van der Waals surface area contributed by atoms with Crippen LogP contribution in [0.25, 0.3) is 0 Å². The van der Waals surface area contributed by atoms with Crippen LogP contribution in [0.2, 0.25) is 0 Å². The molecule has 1 aliphatic heterocycles. The van der Waals surface area contributed by atoms with E-state index >= 15 is 0 Å². The zero-order valence-electron chi connectivity index (χ0n) is 14.4. The normalized spacial score (nSPS) is 19.2. The van der Waals surface area contributed by atoms with E-state index in [-0.39, 0.29) is 6.10 Å². The minimum Gasteiger partial charge on any atom is -0.448 e. The number of ether oxygens (including phenoxy) is 2. The Morgan fingerprint density at radius 2 is 2.29 bits per heavy atom. The van der Waals surface area contributed by atoms with Gasteiger partial charge in [0, 0.05) is 32.7 Å².